The van der Waals surface area contributed by atoms with Gasteiger partial charge >= 0.3 is 10.7 Å². The highest BCUT2D eigenvalue weighted by Gasteiger charge is 2.26. The van der Waals surface area contributed by atoms with Crippen molar-refractivity contribution >= 4 is 29.2 Å². The third kappa shape index (κ3) is 5.30. The summed E-state index contributed by atoms with van der Waals surface area (Å²) < 4.78 is 13.2. The van der Waals surface area contributed by atoms with E-state index in [1.807, 2.05) is 0 Å². The summed E-state index contributed by atoms with van der Waals surface area (Å²) in [7, 11) is 1.24. The van der Waals surface area contributed by atoms with Gasteiger partial charge in [-0.15, -0.1) is 0 Å². The van der Waals surface area contributed by atoms with Crippen molar-refractivity contribution in [3.63, 3.8) is 0 Å². The molecule has 0 saturated heterocycles. The summed E-state index contributed by atoms with van der Waals surface area (Å²) in [4.78, 5) is 11.6. The number of esters is 1. The molecule has 0 aliphatic rings. The molecule has 0 heterocycles. The van der Waals surface area contributed by atoms with Gasteiger partial charge in [-0.1, -0.05) is 17.9 Å². The van der Waals surface area contributed by atoms with Crippen LogP contribution in [0.15, 0.2) is 42.5 Å². The standard InChI is InChI=1S/C19H16Cl2O5/c1-3-25-19(20,21)26-15-11-8-13(9-12-15)7-10-14-5-4-6-16(17(14)22)18(23)24-2/h4-6,8-9,11-12,22H,3H2,1-2H3. The second-order valence-corrected chi connectivity index (χ2v) is 6.15. The van der Waals surface area contributed by atoms with E-state index in [1.165, 1.54) is 13.2 Å². The van der Waals surface area contributed by atoms with E-state index in [2.05, 4.69) is 16.6 Å². The van der Waals surface area contributed by atoms with Crippen LogP contribution in [0, 0.1) is 11.8 Å². The number of para-hydroxylation sites is 1. The second kappa shape index (κ2) is 8.81. The summed E-state index contributed by atoms with van der Waals surface area (Å²) in [5, 5.41) is 10.1. The zero-order valence-electron chi connectivity index (χ0n) is 14.1. The van der Waals surface area contributed by atoms with E-state index < -0.39 is 10.7 Å². The minimum atomic E-state index is -1.76. The molecule has 0 radical (unpaired) electrons. The number of alkyl halides is 2. The van der Waals surface area contributed by atoms with E-state index in [4.69, 9.17) is 32.7 Å². The largest absolute Gasteiger partial charge is 0.506 e. The predicted octanol–water partition coefficient (Wildman–Crippen LogP) is 4.08. The van der Waals surface area contributed by atoms with Gasteiger partial charge in [0.1, 0.15) is 17.1 Å². The Kier molecular flexibility index (Phi) is 6.76. The number of phenolic OH excluding ortho intramolecular Hbond substituents is 1. The number of ether oxygens (including phenoxy) is 3. The van der Waals surface area contributed by atoms with Crippen LogP contribution >= 0.6 is 23.2 Å². The average Bonchev–Trinajstić information content (AvgIpc) is 2.61. The minimum Gasteiger partial charge on any atom is -0.506 e. The summed E-state index contributed by atoms with van der Waals surface area (Å²) in [5.41, 5.74) is 1.02. The van der Waals surface area contributed by atoms with Crippen LogP contribution in [0.3, 0.4) is 0 Å². The van der Waals surface area contributed by atoms with Gasteiger partial charge in [-0.2, -0.15) is 0 Å². The van der Waals surface area contributed by atoms with Crippen LogP contribution in [-0.2, 0) is 9.47 Å². The molecular weight excluding hydrogens is 379 g/mol. The van der Waals surface area contributed by atoms with Crippen LogP contribution < -0.4 is 4.74 Å². The summed E-state index contributed by atoms with van der Waals surface area (Å²) in [6.45, 7) is 2.04. The fourth-order valence-corrected chi connectivity index (χ4v) is 2.40. The van der Waals surface area contributed by atoms with E-state index in [0.717, 1.165) is 0 Å². The first kappa shape index (κ1) is 19.9. The van der Waals surface area contributed by atoms with Crippen molar-refractivity contribution in [3.05, 3.63) is 59.2 Å². The van der Waals surface area contributed by atoms with Gasteiger partial charge < -0.3 is 19.3 Å². The van der Waals surface area contributed by atoms with Crippen LogP contribution in [0.1, 0.15) is 28.4 Å². The Balaban J connectivity index is 2.17. The lowest BCUT2D eigenvalue weighted by atomic mass is 10.1. The van der Waals surface area contributed by atoms with Gasteiger partial charge in [0, 0.05) is 5.56 Å². The van der Waals surface area contributed by atoms with Gasteiger partial charge in [0.2, 0.25) is 0 Å². The number of hydrogen-bond donors (Lipinski definition) is 1. The molecule has 0 unspecified atom stereocenters. The van der Waals surface area contributed by atoms with Gasteiger partial charge in [-0.25, -0.2) is 4.79 Å². The number of hydrogen-bond acceptors (Lipinski definition) is 5. The van der Waals surface area contributed by atoms with Crippen LogP contribution in [0.25, 0.3) is 0 Å². The number of phenols is 1. The normalized spacial score (nSPS) is 10.6. The van der Waals surface area contributed by atoms with E-state index in [9.17, 15) is 9.90 Å². The summed E-state index contributed by atoms with van der Waals surface area (Å²) in [6.07, 6.45) is 0. The van der Waals surface area contributed by atoms with Gasteiger partial charge in [0.05, 0.1) is 19.3 Å². The number of halogens is 2. The molecule has 2 aromatic rings. The minimum absolute atomic E-state index is 0.0551. The monoisotopic (exact) mass is 394 g/mol. The number of carbonyl (C=O) groups excluding carboxylic acids is 1. The van der Waals surface area contributed by atoms with Crippen LogP contribution in [0.2, 0.25) is 0 Å². The highest BCUT2D eigenvalue weighted by atomic mass is 35.5. The van der Waals surface area contributed by atoms with Crippen molar-refractivity contribution in [2.24, 2.45) is 0 Å². The number of carbonyl (C=O) groups is 1. The first-order valence-electron chi connectivity index (χ1n) is 7.59. The third-order valence-corrected chi connectivity index (χ3v) is 3.56. The molecule has 0 spiro atoms. The lowest BCUT2D eigenvalue weighted by Gasteiger charge is -2.20. The number of methoxy groups -OCH3 is 1. The van der Waals surface area contributed by atoms with Crippen LogP contribution in [0.4, 0.5) is 0 Å². The van der Waals surface area contributed by atoms with Crippen molar-refractivity contribution in [2.75, 3.05) is 13.7 Å². The Hall–Kier alpha value is -2.39. The predicted molar refractivity (Wildman–Crippen MR) is 98.6 cm³/mol. The molecule has 2 rings (SSSR count). The molecule has 136 valence electrons. The molecule has 0 atom stereocenters. The van der Waals surface area contributed by atoms with Crippen molar-refractivity contribution in [3.8, 4) is 23.3 Å². The molecule has 0 aromatic heterocycles. The zero-order chi connectivity index (χ0) is 19.2. The molecule has 0 amide bonds. The molecule has 7 heteroatoms. The second-order valence-electron chi connectivity index (χ2n) is 4.97. The van der Waals surface area contributed by atoms with E-state index >= 15 is 0 Å². The lowest BCUT2D eigenvalue weighted by molar-refractivity contribution is -0.0498. The molecule has 0 saturated carbocycles. The quantitative estimate of drug-likeness (QED) is 0.358. The van der Waals surface area contributed by atoms with Gasteiger partial charge in [-0.3, -0.25) is 0 Å². The Morgan fingerprint density at radius 3 is 2.46 bits per heavy atom. The lowest BCUT2D eigenvalue weighted by Crippen LogP contribution is -2.25. The molecule has 2 aromatic carbocycles. The molecule has 1 N–H and O–H groups in total. The highest BCUT2D eigenvalue weighted by Crippen LogP contribution is 2.27. The summed E-state index contributed by atoms with van der Waals surface area (Å²) >= 11 is 11.7. The van der Waals surface area contributed by atoms with Crippen LogP contribution in [0.5, 0.6) is 11.5 Å². The molecule has 5 nitrogen and oxygen atoms in total. The summed E-state index contributed by atoms with van der Waals surface area (Å²) in [5.74, 6) is 5.25. The van der Waals surface area contributed by atoms with Gasteiger partial charge in [-0.05, 0) is 66.5 Å². The molecule has 0 bridgehead atoms. The van der Waals surface area contributed by atoms with Gasteiger partial charge in [0.25, 0.3) is 0 Å². The maximum Gasteiger partial charge on any atom is 0.375 e. The first-order valence-corrected chi connectivity index (χ1v) is 8.35. The average molecular weight is 395 g/mol. The van der Waals surface area contributed by atoms with E-state index in [1.54, 1.807) is 43.3 Å². The number of benzene rings is 2. The molecule has 26 heavy (non-hydrogen) atoms. The Morgan fingerprint density at radius 2 is 1.85 bits per heavy atom. The van der Waals surface area contributed by atoms with Gasteiger partial charge in [0.15, 0.2) is 0 Å². The highest BCUT2D eigenvalue weighted by molar-refractivity contribution is 6.46. The Labute approximate surface area is 161 Å². The maximum atomic E-state index is 11.6. The first-order chi connectivity index (χ1) is 12.4. The molecular formula is C19H16Cl2O5. The molecule has 0 aliphatic heterocycles. The third-order valence-electron chi connectivity index (χ3n) is 3.19. The Bertz CT molecular complexity index is 835. The van der Waals surface area contributed by atoms with E-state index in [-0.39, 0.29) is 11.3 Å². The SMILES string of the molecule is CCOC(Cl)(Cl)Oc1ccc(C#Cc2cccc(C(=O)OC)c2O)cc1. The maximum absolute atomic E-state index is 11.6. The van der Waals surface area contributed by atoms with Crippen molar-refractivity contribution in [1.82, 2.24) is 0 Å². The summed E-state index contributed by atoms with van der Waals surface area (Å²) in [6, 6.07) is 11.3. The van der Waals surface area contributed by atoms with Crippen molar-refractivity contribution < 1.29 is 24.1 Å². The number of rotatable bonds is 5. The van der Waals surface area contributed by atoms with Crippen molar-refractivity contribution in [1.29, 1.82) is 0 Å². The Morgan fingerprint density at radius 1 is 1.15 bits per heavy atom. The van der Waals surface area contributed by atoms with Crippen LogP contribution in [-0.4, -0.2) is 29.5 Å². The van der Waals surface area contributed by atoms with Crippen molar-refractivity contribution in [2.45, 2.75) is 11.6 Å². The molecule has 0 aliphatic carbocycles. The zero-order valence-corrected chi connectivity index (χ0v) is 15.6. The smallest absolute Gasteiger partial charge is 0.375 e. The topological polar surface area (TPSA) is 65.0 Å². The van der Waals surface area contributed by atoms with E-state index in [0.29, 0.717) is 23.5 Å². The fraction of sp³-hybridized carbons (Fsp3) is 0.211. The fourth-order valence-electron chi connectivity index (χ4n) is 2.00. The molecule has 0 fully saturated rings. The number of aromatic hydroxyl groups is 1.